The number of nitrogens with zero attached hydrogens (tertiary/aromatic N) is 6. The monoisotopic (exact) mass is 844 g/mol. The molecule has 0 unspecified atom stereocenters. The van der Waals surface area contributed by atoms with E-state index < -0.39 is 0 Å². The molecule has 0 spiro atoms. The minimum absolute atomic E-state index is 0.304. The van der Waals surface area contributed by atoms with Crippen molar-refractivity contribution in [2.24, 2.45) is 0 Å². The van der Waals surface area contributed by atoms with Crippen LogP contribution in [0.15, 0.2) is 181 Å². The number of thiophene rings is 2. The molecule has 6 aromatic heterocycles. The highest BCUT2D eigenvalue weighted by molar-refractivity contribution is 7.18. The maximum Gasteiger partial charge on any atom is 0.118 e. The summed E-state index contributed by atoms with van der Waals surface area (Å²) in [5, 5.41) is 7.11. The molecule has 0 aliphatic carbocycles. The van der Waals surface area contributed by atoms with Gasteiger partial charge < -0.3 is 9.13 Å². The quantitative estimate of drug-likeness (QED) is 0.145. The van der Waals surface area contributed by atoms with Crippen LogP contribution in [0.25, 0.3) is 53.8 Å². The Hall–Kier alpha value is -6.74. The Morgan fingerprint density at radius 2 is 0.823 bits per heavy atom. The van der Waals surface area contributed by atoms with Crippen LogP contribution < -0.4 is 9.80 Å². The standard InChI is InChI=1S/C54H48N6S2/c1-53(2,3)59-47(27-29-51(59)57(41-13-11-31-55-33-41)39-23-19-37(20-24-39)45-35-61-49-17-9-7-15-43(45)49)48-28-30-52(60(48)54(4,5)6)58(42-14-12-32-56-34-42)40-25-21-38(22-26-40)46-36-62-50-18-10-8-16-44(46)50/h7-36H,1-6H3. The van der Waals surface area contributed by atoms with Gasteiger partial charge in [0.2, 0.25) is 0 Å². The zero-order valence-corrected chi connectivity index (χ0v) is 37.5. The molecule has 0 aliphatic rings. The molecule has 4 aromatic carbocycles. The average molecular weight is 845 g/mol. The zero-order valence-electron chi connectivity index (χ0n) is 35.8. The third kappa shape index (κ3) is 7.09. The van der Waals surface area contributed by atoms with E-state index in [1.165, 1.54) is 42.4 Å². The predicted molar refractivity (Wildman–Crippen MR) is 264 cm³/mol. The molecular weight excluding hydrogens is 797 g/mol. The highest BCUT2D eigenvalue weighted by atomic mass is 32.1. The van der Waals surface area contributed by atoms with E-state index in [1.54, 1.807) is 22.7 Å². The Balaban J connectivity index is 1.10. The molecule has 0 amide bonds. The molecule has 10 rings (SSSR count). The SMILES string of the molecule is CC(C)(C)n1c(-c2ccc(N(c3ccc(-c4csc5ccccc45)cc3)c3cccnc3)n2C(C)(C)C)ccc1N(c1ccc(-c2csc3ccccc23)cc1)c1cccnc1. The largest absolute Gasteiger partial charge is 0.320 e. The number of anilines is 6. The smallest absolute Gasteiger partial charge is 0.118 e. The fourth-order valence-electron chi connectivity index (χ4n) is 8.79. The Morgan fingerprint density at radius 3 is 1.19 bits per heavy atom. The second-order valence-electron chi connectivity index (χ2n) is 17.6. The molecule has 10 aromatic rings. The highest BCUT2D eigenvalue weighted by Crippen LogP contribution is 2.46. The van der Waals surface area contributed by atoms with E-state index in [-0.39, 0.29) is 11.1 Å². The summed E-state index contributed by atoms with van der Waals surface area (Å²) in [5.74, 6) is 2.11. The summed E-state index contributed by atoms with van der Waals surface area (Å²) in [6, 6.07) is 52.6. The molecule has 8 heteroatoms. The van der Waals surface area contributed by atoms with Gasteiger partial charge in [0.05, 0.1) is 35.2 Å². The van der Waals surface area contributed by atoms with Crippen molar-refractivity contribution in [3.8, 4) is 33.6 Å². The van der Waals surface area contributed by atoms with Crippen LogP contribution in [0, 0.1) is 0 Å². The summed E-state index contributed by atoms with van der Waals surface area (Å²) in [6.45, 7) is 13.7. The van der Waals surface area contributed by atoms with Crippen LogP contribution in [-0.2, 0) is 11.1 Å². The van der Waals surface area contributed by atoms with Gasteiger partial charge in [-0.25, -0.2) is 0 Å². The number of pyridine rings is 2. The van der Waals surface area contributed by atoms with E-state index in [1.807, 2.05) is 36.9 Å². The first kappa shape index (κ1) is 39.4. The van der Waals surface area contributed by atoms with Gasteiger partial charge in [0, 0.05) is 66.1 Å². The van der Waals surface area contributed by atoms with Gasteiger partial charge in [0.1, 0.15) is 11.6 Å². The number of fused-ring (bicyclic) bond motifs is 2. The number of rotatable bonds is 9. The minimum Gasteiger partial charge on any atom is -0.320 e. The summed E-state index contributed by atoms with van der Waals surface area (Å²) in [6.07, 6.45) is 7.58. The summed E-state index contributed by atoms with van der Waals surface area (Å²) < 4.78 is 7.56. The Kier molecular flexibility index (Phi) is 9.93. The summed E-state index contributed by atoms with van der Waals surface area (Å²) in [7, 11) is 0. The molecule has 0 saturated carbocycles. The van der Waals surface area contributed by atoms with Gasteiger partial charge in [-0.3, -0.25) is 19.8 Å². The normalized spacial score (nSPS) is 12.0. The maximum absolute atomic E-state index is 4.60. The second-order valence-corrected chi connectivity index (χ2v) is 19.5. The Bertz CT molecular complexity index is 2930. The second kappa shape index (κ2) is 15.6. The van der Waals surface area contributed by atoms with Crippen molar-refractivity contribution in [1.29, 1.82) is 0 Å². The van der Waals surface area contributed by atoms with Crippen molar-refractivity contribution in [2.45, 2.75) is 52.6 Å². The van der Waals surface area contributed by atoms with Crippen molar-refractivity contribution < 1.29 is 0 Å². The van der Waals surface area contributed by atoms with Gasteiger partial charge in [-0.2, -0.15) is 0 Å². The summed E-state index contributed by atoms with van der Waals surface area (Å²) >= 11 is 3.58. The Labute approximate surface area is 371 Å². The van der Waals surface area contributed by atoms with Crippen molar-refractivity contribution >= 4 is 77.2 Å². The van der Waals surface area contributed by atoms with Crippen LogP contribution in [-0.4, -0.2) is 19.1 Å². The van der Waals surface area contributed by atoms with Gasteiger partial charge in [0.15, 0.2) is 0 Å². The first-order valence-corrected chi connectivity index (χ1v) is 22.8. The molecule has 0 radical (unpaired) electrons. The number of hydrogen-bond acceptors (Lipinski definition) is 6. The fourth-order valence-corrected chi connectivity index (χ4v) is 10.7. The number of benzene rings is 4. The maximum atomic E-state index is 4.60. The van der Waals surface area contributed by atoms with Gasteiger partial charge in [0.25, 0.3) is 0 Å². The van der Waals surface area contributed by atoms with Crippen LogP contribution in [0.3, 0.4) is 0 Å². The molecule has 6 heterocycles. The Morgan fingerprint density at radius 1 is 0.419 bits per heavy atom. The first-order valence-electron chi connectivity index (χ1n) is 21.0. The van der Waals surface area contributed by atoms with Crippen LogP contribution in [0.5, 0.6) is 0 Å². The predicted octanol–water partition coefficient (Wildman–Crippen LogP) is 16.0. The van der Waals surface area contributed by atoms with Crippen LogP contribution in [0.2, 0.25) is 0 Å². The van der Waals surface area contributed by atoms with Crippen LogP contribution in [0.1, 0.15) is 41.5 Å². The van der Waals surface area contributed by atoms with Crippen LogP contribution >= 0.6 is 22.7 Å². The lowest BCUT2D eigenvalue weighted by Crippen LogP contribution is -2.30. The van der Waals surface area contributed by atoms with E-state index in [2.05, 4.69) is 215 Å². The molecule has 0 fully saturated rings. The third-order valence-electron chi connectivity index (χ3n) is 11.4. The molecule has 306 valence electrons. The molecule has 0 aliphatic heterocycles. The molecule has 0 saturated heterocycles. The van der Waals surface area contributed by atoms with Crippen molar-refractivity contribution in [3.63, 3.8) is 0 Å². The third-order valence-corrected chi connectivity index (χ3v) is 13.4. The fraction of sp³-hybridized carbons (Fsp3) is 0.148. The molecule has 62 heavy (non-hydrogen) atoms. The van der Waals surface area contributed by atoms with Crippen molar-refractivity contribution in [3.05, 3.63) is 181 Å². The van der Waals surface area contributed by atoms with E-state index in [4.69, 9.17) is 0 Å². The molecule has 0 bridgehead atoms. The van der Waals surface area contributed by atoms with Crippen molar-refractivity contribution in [2.75, 3.05) is 9.80 Å². The van der Waals surface area contributed by atoms with Crippen molar-refractivity contribution in [1.82, 2.24) is 19.1 Å². The lowest BCUT2D eigenvalue weighted by molar-refractivity contribution is 0.390. The van der Waals surface area contributed by atoms with Gasteiger partial charge in [-0.1, -0.05) is 60.7 Å². The first-order chi connectivity index (χ1) is 30.0. The van der Waals surface area contributed by atoms with E-state index >= 15 is 0 Å². The minimum atomic E-state index is -0.304. The van der Waals surface area contributed by atoms with E-state index in [9.17, 15) is 0 Å². The zero-order chi connectivity index (χ0) is 42.6. The summed E-state index contributed by atoms with van der Waals surface area (Å²) in [5.41, 5.74) is 10.7. The average Bonchev–Trinajstić information content (AvgIpc) is 4.10. The lowest BCUT2D eigenvalue weighted by atomic mass is 10.0. The topological polar surface area (TPSA) is 42.1 Å². The molecular formula is C54H48N6S2. The molecule has 0 N–H and O–H groups in total. The van der Waals surface area contributed by atoms with Crippen LogP contribution in [0.4, 0.5) is 34.4 Å². The van der Waals surface area contributed by atoms with Gasteiger partial charge >= 0.3 is 0 Å². The van der Waals surface area contributed by atoms with E-state index in [0.717, 1.165) is 45.8 Å². The van der Waals surface area contributed by atoms with Gasteiger partial charge in [-0.05, 0) is 148 Å². The lowest BCUT2D eigenvalue weighted by Gasteiger charge is -2.36. The van der Waals surface area contributed by atoms with E-state index in [0.29, 0.717) is 0 Å². The highest BCUT2D eigenvalue weighted by Gasteiger charge is 2.32. The molecule has 6 nitrogen and oxygen atoms in total. The number of hydrogen-bond donors (Lipinski definition) is 0. The molecule has 0 atom stereocenters. The van der Waals surface area contributed by atoms with Gasteiger partial charge in [-0.15, -0.1) is 22.7 Å². The summed E-state index contributed by atoms with van der Waals surface area (Å²) in [4.78, 5) is 13.9. The number of aromatic nitrogens is 4.